The molecule has 158 valence electrons. The molecular formula is C22H24N2O6. The quantitative estimate of drug-likeness (QED) is 0.591. The number of fused-ring (bicyclic) bond motifs is 2. The number of nitrogens with zero attached hydrogens (tertiary/aromatic N) is 2. The van der Waals surface area contributed by atoms with E-state index in [0.717, 1.165) is 5.56 Å². The van der Waals surface area contributed by atoms with Crippen molar-refractivity contribution in [3.8, 4) is 0 Å². The van der Waals surface area contributed by atoms with E-state index in [1.54, 1.807) is 6.92 Å². The fourth-order valence-electron chi connectivity index (χ4n) is 5.77. The zero-order valence-electron chi connectivity index (χ0n) is 17.1. The van der Waals surface area contributed by atoms with Crippen LogP contribution in [0.1, 0.15) is 18.9 Å². The molecule has 4 aliphatic heterocycles. The van der Waals surface area contributed by atoms with Gasteiger partial charge in [0, 0.05) is 23.6 Å². The average molecular weight is 412 g/mol. The number of aliphatic hydroxyl groups excluding tert-OH is 1. The first-order chi connectivity index (χ1) is 14.4. The number of ether oxygens (including phenoxy) is 2. The lowest BCUT2D eigenvalue weighted by Gasteiger charge is -2.42. The van der Waals surface area contributed by atoms with Gasteiger partial charge in [0.15, 0.2) is 0 Å². The highest BCUT2D eigenvalue weighted by Gasteiger charge is 2.67. The molecule has 2 saturated heterocycles. The molecule has 0 radical (unpaired) electrons. The van der Waals surface area contributed by atoms with Gasteiger partial charge in [-0.25, -0.2) is 4.79 Å². The summed E-state index contributed by atoms with van der Waals surface area (Å²) in [5.41, 5.74) is 1.79. The number of hydroxylamine groups is 1. The maximum absolute atomic E-state index is 13.6. The van der Waals surface area contributed by atoms with Crippen LogP contribution in [0.5, 0.6) is 0 Å². The molecule has 1 aliphatic carbocycles. The van der Waals surface area contributed by atoms with Crippen molar-refractivity contribution in [2.75, 3.05) is 25.9 Å². The molecule has 3 fully saturated rings. The van der Waals surface area contributed by atoms with Crippen molar-refractivity contribution in [3.05, 3.63) is 41.5 Å². The molecule has 4 bridgehead atoms. The van der Waals surface area contributed by atoms with Gasteiger partial charge in [-0.2, -0.15) is 5.06 Å². The standard InChI is InChI=1S/C22H24N2O6/c1-11(8-16(25)28-2)18-17-12-10-30-20(19(17)26)22(9-14(12)23-18)13-6-4-5-7-15(13)24(29-3)21(22)27/h4-8,12,14,17,19-20,26H,9-10H2,1-3H3/b11-8-/t12-,14+,17-,19+,20+,22+/m1/s1. The van der Waals surface area contributed by atoms with Crippen molar-refractivity contribution < 1.29 is 29.0 Å². The van der Waals surface area contributed by atoms with Crippen LogP contribution < -0.4 is 5.06 Å². The van der Waals surface area contributed by atoms with Gasteiger partial charge in [-0.15, -0.1) is 0 Å². The van der Waals surface area contributed by atoms with E-state index in [2.05, 4.69) is 0 Å². The first-order valence-electron chi connectivity index (χ1n) is 10.1. The Balaban J connectivity index is 1.64. The zero-order valence-corrected chi connectivity index (χ0v) is 17.1. The van der Waals surface area contributed by atoms with Crippen molar-refractivity contribution in [3.63, 3.8) is 0 Å². The van der Waals surface area contributed by atoms with E-state index in [9.17, 15) is 14.7 Å². The van der Waals surface area contributed by atoms with Gasteiger partial charge >= 0.3 is 5.97 Å². The molecule has 8 heteroatoms. The number of allylic oxidation sites excluding steroid dienone is 1. The van der Waals surface area contributed by atoms with Crippen molar-refractivity contribution in [1.29, 1.82) is 0 Å². The topological polar surface area (TPSA) is 97.7 Å². The molecule has 6 rings (SSSR count). The van der Waals surface area contributed by atoms with Crippen LogP contribution in [-0.2, 0) is 29.3 Å². The van der Waals surface area contributed by atoms with Crippen LogP contribution >= 0.6 is 0 Å². The molecule has 6 atom stereocenters. The minimum Gasteiger partial charge on any atom is -0.466 e. The molecule has 1 saturated carbocycles. The highest BCUT2D eigenvalue weighted by atomic mass is 16.7. The molecule has 1 aromatic carbocycles. The summed E-state index contributed by atoms with van der Waals surface area (Å²) < 4.78 is 10.9. The third-order valence-electron chi connectivity index (χ3n) is 7.03. The molecular weight excluding hydrogens is 388 g/mol. The summed E-state index contributed by atoms with van der Waals surface area (Å²) in [6.07, 6.45) is 0.148. The van der Waals surface area contributed by atoms with Crippen LogP contribution in [-0.4, -0.2) is 61.8 Å². The van der Waals surface area contributed by atoms with Gasteiger partial charge in [-0.1, -0.05) is 18.2 Å². The van der Waals surface area contributed by atoms with Crippen LogP contribution in [0, 0.1) is 11.8 Å². The SMILES string of the molecule is COC(=O)/C=C(/C)C1=N[C@H]2C[C@@]3(C(=O)N(OC)c4ccccc43)[C@H]3OC[C@H]2[C@H]1[C@@H]3O. The molecule has 1 amide bonds. The second-order valence-corrected chi connectivity index (χ2v) is 8.34. The number of amides is 1. The fraction of sp³-hybridized carbons (Fsp3) is 0.500. The minimum atomic E-state index is -1.06. The molecule has 1 N–H and O–H groups in total. The summed E-state index contributed by atoms with van der Waals surface area (Å²) in [5.74, 6) is -1.05. The Morgan fingerprint density at radius 2 is 2.13 bits per heavy atom. The predicted molar refractivity (Wildman–Crippen MR) is 107 cm³/mol. The van der Waals surface area contributed by atoms with Gasteiger partial charge in [-0.3, -0.25) is 14.6 Å². The smallest absolute Gasteiger partial charge is 0.330 e. The Morgan fingerprint density at radius 1 is 1.37 bits per heavy atom. The number of carbonyl (C=O) groups excluding carboxylic acids is 2. The van der Waals surface area contributed by atoms with Crippen molar-refractivity contribution in [1.82, 2.24) is 0 Å². The van der Waals surface area contributed by atoms with E-state index in [-0.39, 0.29) is 23.8 Å². The van der Waals surface area contributed by atoms with Crippen LogP contribution in [0.15, 0.2) is 40.9 Å². The Hall–Kier alpha value is -2.55. The Kier molecular flexibility index (Phi) is 4.36. The van der Waals surface area contributed by atoms with Gasteiger partial charge < -0.3 is 14.6 Å². The van der Waals surface area contributed by atoms with Gasteiger partial charge in [-0.05, 0) is 30.5 Å². The van der Waals surface area contributed by atoms with Gasteiger partial charge in [0.2, 0.25) is 0 Å². The van der Waals surface area contributed by atoms with Crippen molar-refractivity contribution in [2.45, 2.75) is 37.0 Å². The highest BCUT2D eigenvalue weighted by Crippen LogP contribution is 2.57. The molecule has 30 heavy (non-hydrogen) atoms. The third kappa shape index (κ3) is 2.35. The van der Waals surface area contributed by atoms with E-state index < -0.39 is 23.6 Å². The van der Waals surface area contributed by atoms with Crippen molar-refractivity contribution >= 4 is 23.3 Å². The lowest BCUT2D eigenvalue weighted by atomic mass is 9.70. The molecule has 8 nitrogen and oxygen atoms in total. The summed E-state index contributed by atoms with van der Waals surface area (Å²) in [7, 11) is 2.79. The number of carbonyl (C=O) groups is 2. The largest absolute Gasteiger partial charge is 0.466 e. The maximum atomic E-state index is 13.6. The fourth-order valence-corrected chi connectivity index (χ4v) is 5.77. The number of para-hydroxylation sites is 1. The van der Waals surface area contributed by atoms with E-state index in [0.29, 0.717) is 30.0 Å². The summed E-state index contributed by atoms with van der Waals surface area (Å²) in [6, 6.07) is 7.27. The number of esters is 1. The molecule has 0 aromatic heterocycles. The Bertz CT molecular complexity index is 988. The molecule has 4 heterocycles. The molecule has 1 spiro atoms. The number of benzene rings is 1. The number of methoxy groups -OCH3 is 1. The van der Waals surface area contributed by atoms with Gasteiger partial charge in [0.1, 0.15) is 11.5 Å². The number of rotatable bonds is 3. The summed E-state index contributed by atoms with van der Waals surface area (Å²) in [6.45, 7) is 2.20. The van der Waals surface area contributed by atoms with Crippen molar-refractivity contribution in [2.24, 2.45) is 16.8 Å². The predicted octanol–water partition coefficient (Wildman–Crippen LogP) is 1.17. The summed E-state index contributed by atoms with van der Waals surface area (Å²) in [4.78, 5) is 35.6. The number of hydrogen-bond donors (Lipinski definition) is 1. The molecule has 1 aromatic rings. The van der Waals surface area contributed by atoms with E-state index in [4.69, 9.17) is 19.3 Å². The van der Waals surface area contributed by atoms with Gasteiger partial charge in [0.25, 0.3) is 5.91 Å². The number of hydrogen-bond acceptors (Lipinski definition) is 7. The first-order valence-corrected chi connectivity index (χ1v) is 10.1. The first kappa shape index (κ1) is 19.4. The molecule has 5 aliphatic rings. The minimum absolute atomic E-state index is 0.0526. The lowest BCUT2D eigenvalue weighted by molar-refractivity contribution is -0.152. The highest BCUT2D eigenvalue weighted by molar-refractivity contribution is 6.09. The monoisotopic (exact) mass is 412 g/mol. The van der Waals surface area contributed by atoms with E-state index >= 15 is 0 Å². The number of anilines is 1. The normalized spacial score (nSPS) is 36.7. The number of aliphatic hydroxyl groups is 1. The van der Waals surface area contributed by atoms with E-state index in [1.807, 2.05) is 24.3 Å². The van der Waals surface area contributed by atoms with Gasteiger partial charge in [0.05, 0.1) is 38.7 Å². The maximum Gasteiger partial charge on any atom is 0.330 e. The Labute approximate surface area is 174 Å². The second kappa shape index (κ2) is 6.73. The van der Waals surface area contributed by atoms with Crippen LogP contribution in [0.4, 0.5) is 5.69 Å². The van der Waals surface area contributed by atoms with E-state index in [1.165, 1.54) is 25.4 Å². The lowest BCUT2D eigenvalue weighted by Crippen LogP contribution is -2.58. The van der Waals surface area contributed by atoms with Crippen LogP contribution in [0.25, 0.3) is 0 Å². The third-order valence-corrected chi connectivity index (χ3v) is 7.03. The van der Waals surface area contributed by atoms with Crippen LogP contribution in [0.2, 0.25) is 0 Å². The second-order valence-electron chi connectivity index (χ2n) is 8.34. The summed E-state index contributed by atoms with van der Waals surface area (Å²) >= 11 is 0. The summed E-state index contributed by atoms with van der Waals surface area (Å²) in [5, 5.41) is 12.7. The zero-order chi connectivity index (χ0) is 21.2. The Morgan fingerprint density at radius 3 is 2.87 bits per heavy atom. The molecule has 0 unspecified atom stereocenters. The van der Waals surface area contributed by atoms with Crippen LogP contribution in [0.3, 0.4) is 0 Å². The average Bonchev–Trinajstić information content (AvgIpc) is 3.13. The number of aliphatic imine (C=N–C) groups is 1.